The second-order valence-electron chi connectivity index (χ2n) is 5.45. The van der Waals surface area contributed by atoms with Crippen LogP contribution in [0.3, 0.4) is 0 Å². The molecule has 0 aliphatic carbocycles. The number of aliphatic hydroxyl groups is 1. The number of hydrogen-bond acceptors (Lipinski definition) is 4. The van der Waals surface area contributed by atoms with E-state index in [9.17, 15) is 14.3 Å². The van der Waals surface area contributed by atoms with Gasteiger partial charge in [0.2, 0.25) is 0 Å². The molecule has 1 amide bonds. The third-order valence-corrected chi connectivity index (χ3v) is 3.71. The average Bonchev–Trinajstić information content (AvgIpc) is 2.61. The van der Waals surface area contributed by atoms with Crippen LogP contribution in [-0.2, 0) is 11.3 Å². The summed E-state index contributed by atoms with van der Waals surface area (Å²) in [6.07, 6.45) is 4.97. The number of aliphatic hydroxyl groups excluding tert-OH is 1. The lowest BCUT2D eigenvalue weighted by molar-refractivity contribution is -0.128. The van der Waals surface area contributed by atoms with Crippen LogP contribution in [0.1, 0.15) is 11.1 Å². The maximum Gasteiger partial charge on any atom is 0.253 e. The minimum Gasteiger partial charge on any atom is -0.488 e. The van der Waals surface area contributed by atoms with Crippen molar-refractivity contribution in [2.45, 2.75) is 6.54 Å². The zero-order valence-corrected chi connectivity index (χ0v) is 13.0. The minimum absolute atomic E-state index is 0.117. The fraction of sp³-hybridized carbons (Fsp3) is 0.222. The van der Waals surface area contributed by atoms with Crippen LogP contribution in [0.25, 0.3) is 6.08 Å². The first-order chi connectivity index (χ1) is 11.7. The van der Waals surface area contributed by atoms with Gasteiger partial charge in [0.15, 0.2) is 0 Å². The summed E-state index contributed by atoms with van der Waals surface area (Å²) in [5, 5.41) is 9.25. The van der Waals surface area contributed by atoms with E-state index in [2.05, 4.69) is 4.98 Å². The number of hydrogen-bond donors (Lipinski definition) is 1. The highest BCUT2D eigenvalue weighted by Crippen LogP contribution is 2.27. The molecule has 0 atom stereocenters. The monoisotopic (exact) mass is 328 g/mol. The van der Waals surface area contributed by atoms with E-state index in [4.69, 9.17) is 4.74 Å². The predicted molar refractivity (Wildman–Crippen MR) is 86.6 cm³/mol. The lowest BCUT2D eigenvalue weighted by Crippen LogP contribution is -2.36. The van der Waals surface area contributed by atoms with E-state index in [1.54, 1.807) is 30.6 Å². The van der Waals surface area contributed by atoms with E-state index in [0.29, 0.717) is 23.4 Å². The Kier molecular flexibility index (Phi) is 4.86. The molecule has 0 spiro atoms. The van der Waals surface area contributed by atoms with Gasteiger partial charge in [-0.15, -0.1) is 0 Å². The molecule has 3 rings (SSSR count). The normalized spacial score (nSPS) is 12.8. The van der Waals surface area contributed by atoms with Crippen LogP contribution in [0.2, 0.25) is 0 Å². The molecule has 0 radical (unpaired) electrons. The van der Waals surface area contributed by atoms with Gasteiger partial charge >= 0.3 is 0 Å². The third-order valence-electron chi connectivity index (χ3n) is 3.71. The molecule has 0 saturated carbocycles. The van der Waals surface area contributed by atoms with Crippen LogP contribution in [0, 0.1) is 5.82 Å². The van der Waals surface area contributed by atoms with E-state index >= 15 is 0 Å². The van der Waals surface area contributed by atoms with E-state index in [-0.39, 0.29) is 31.5 Å². The Labute approximate surface area is 139 Å². The zero-order valence-electron chi connectivity index (χ0n) is 13.0. The van der Waals surface area contributed by atoms with E-state index < -0.39 is 0 Å². The standard InChI is InChI=1S/C18H17FN2O3/c19-16-3-4-17-14(9-16)8-15(12-24-17)18(23)21(6-7-22)11-13-2-1-5-20-10-13/h1-5,8-10,22H,6-7,11-12H2. The van der Waals surface area contributed by atoms with Gasteiger partial charge in [-0.3, -0.25) is 9.78 Å². The van der Waals surface area contributed by atoms with Crippen LogP contribution in [0.15, 0.2) is 48.3 Å². The minimum atomic E-state index is -0.384. The molecule has 2 aromatic rings. The predicted octanol–water partition coefficient (Wildman–Crippen LogP) is 2.02. The van der Waals surface area contributed by atoms with Crippen LogP contribution < -0.4 is 4.74 Å². The summed E-state index contributed by atoms with van der Waals surface area (Å²) < 4.78 is 18.9. The number of nitrogens with zero attached hydrogens (tertiary/aromatic N) is 2. The molecule has 124 valence electrons. The summed E-state index contributed by atoms with van der Waals surface area (Å²) in [5.41, 5.74) is 1.82. The van der Waals surface area contributed by atoms with Crippen molar-refractivity contribution in [3.8, 4) is 5.75 Å². The van der Waals surface area contributed by atoms with Crippen molar-refractivity contribution in [2.75, 3.05) is 19.8 Å². The van der Waals surface area contributed by atoms with Crippen molar-refractivity contribution in [3.63, 3.8) is 0 Å². The summed E-state index contributed by atoms with van der Waals surface area (Å²) >= 11 is 0. The number of pyridine rings is 1. The zero-order chi connectivity index (χ0) is 16.9. The number of halogens is 1. The molecule has 0 bridgehead atoms. The van der Waals surface area contributed by atoms with E-state index in [0.717, 1.165) is 5.56 Å². The molecule has 1 aliphatic heterocycles. The highest BCUT2D eigenvalue weighted by molar-refractivity contribution is 5.99. The maximum atomic E-state index is 13.4. The van der Waals surface area contributed by atoms with Crippen LogP contribution in [-0.4, -0.2) is 40.7 Å². The molecule has 0 fully saturated rings. The molecule has 2 heterocycles. The first kappa shape index (κ1) is 16.1. The molecule has 5 nitrogen and oxygen atoms in total. The molecule has 1 N–H and O–H groups in total. The summed E-state index contributed by atoms with van der Waals surface area (Å²) in [4.78, 5) is 18.3. The summed E-state index contributed by atoms with van der Waals surface area (Å²) in [5.74, 6) is -0.0818. The number of amides is 1. The van der Waals surface area contributed by atoms with Crippen LogP contribution in [0.4, 0.5) is 4.39 Å². The molecule has 6 heteroatoms. The average molecular weight is 328 g/mol. The van der Waals surface area contributed by atoms with Gasteiger partial charge in [0, 0.05) is 31.0 Å². The van der Waals surface area contributed by atoms with Gasteiger partial charge in [0.25, 0.3) is 5.91 Å². The molecule has 1 aromatic carbocycles. The van der Waals surface area contributed by atoms with Gasteiger partial charge in [-0.1, -0.05) is 6.07 Å². The van der Waals surface area contributed by atoms with Gasteiger partial charge < -0.3 is 14.7 Å². The number of ether oxygens (including phenoxy) is 1. The smallest absolute Gasteiger partial charge is 0.253 e. The Hall–Kier alpha value is -2.73. The second-order valence-corrected chi connectivity index (χ2v) is 5.45. The SMILES string of the molecule is O=C(C1=Cc2cc(F)ccc2OC1)N(CCO)Cc1cccnc1. The van der Waals surface area contributed by atoms with Crippen molar-refractivity contribution in [1.29, 1.82) is 0 Å². The van der Waals surface area contributed by atoms with Gasteiger partial charge in [0.1, 0.15) is 18.2 Å². The van der Waals surface area contributed by atoms with Gasteiger partial charge in [0.05, 0.1) is 12.2 Å². The Balaban J connectivity index is 1.82. The number of carbonyl (C=O) groups is 1. The Bertz CT molecular complexity index is 762. The second kappa shape index (κ2) is 7.23. The lowest BCUT2D eigenvalue weighted by atomic mass is 10.1. The van der Waals surface area contributed by atoms with Crippen LogP contribution in [0.5, 0.6) is 5.75 Å². The first-order valence-corrected chi connectivity index (χ1v) is 7.59. The van der Waals surface area contributed by atoms with Crippen molar-refractivity contribution < 1.29 is 19.0 Å². The molecule has 0 saturated heterocycles. The van der Waals surface area contributed by atoms with E-state index in [1.165, 1.54) is 17.0 Å². The number of fused-ring (bicyclic) bond motifs is 1. The lowest BCUT2D eigenvalue weighted by Gasteiger charge is -2.25. The number of carbonyl (C=O) groups excluding carboxylic acids is 1. The van der Waals surface area contributed by atoms with E-state index in [1.807, 2.05) is 6.07 Å². The molecule has 1 aliphatic rings. The largest absolute Gasteiger partial charge is 0.488 e. The number of rotatable bonds is 5. The molecule has 24 heavy (non-hydrogen) atoms. The topological polar surface area (TPSA) is 62.7 Å². The molecule has 1 aromatic heterocycles. The van der Waals surface area contributed by atoms with Crippen molar-refractivity contribution >= 4 is 12.0 Å². The van der Waals surface area contributed by atoms with Crippen molar-refractivity contribution in [1.82, 2.24) is 9.88 Å². The number of benzene rings is 1. The van der Waals surface area contributed by atoms with Crippen molar-refractivity contribution in [3.05, 3.63) is 65.2 Å². The summed E-state index contributed by atoms with van der Waals surface area (Å²) in [7, 11) is 0. The van der Waals surface area contributed by atoms with Crippen molar-refractivity contribution in [2.24, 2.45) is 0 Å². The summed E-state index contributed by atoms with van der Waals surface area (Å²) in [6.45, 7) is 0.499. The molecular formula is C18H17FN2O3. The van der Waals surface area contributed by atoms with Gasteiger partial charge in [-0.2, -0.15) is 0 Å². The Morgan fingerprint density at radius 1 is 1.38 bits per heavy atom. The third kappa shape index (κ3) is 3.60. The maximum absolute atomic E-state index is 13.4. The highest BCUT2D eigenvalue weighted by Gasteiger charge is 2.22. The van der Waals surface area contributed by atoms with Gasteiger partial charge in [-0.25, -0.2) is 4.39 Å². The van der Waals surface area contributed by atoms with Crippen LogP contribution >= 0.6 is 0 Å². The Morgan fingerprint density at radius 3 is 3.00 bits per heavy atom. The molecule has 0 unspecified atom stereocenters. The summed E-state index contributed by atoms with van der Waals surface area (Å²) in [6, 6.07) is 7.85. The van der Waals surface area contributed by atoms with Gasteiger partial charge in [-0.05, 0) is 35.9 Å². The first-order valence-electron chi connectivity index (χ1n) is 7.59. The quantitative estimate of drug-likeness (QED) is 0.912. The fourth-order valence-electron chi connectivity index (χ4n) is 2.56. The number of aromatic nitrogens is 1. The highest BCUT2D eigenvalue weighted by atomic mass is 19.1. The Morgan fingerprint density at radius 2 is 2.25 bits per heavy atom. The fourth-order valence-corrected chi connectivity index (χ4v) is 2.56. The molecular weight excluding hydrogens is 311 g/mol.